The molecule has 0 aliphatic carbocycles. The summed E-state index contributed by atoms with van der Waals surface area (Å²) in [6.45, 7) is 1.16. The van der Waals surface area contributed by atoms with E-state index in [1.807, 2.05) is 4.90 Å². The zero-order valence-corrected chi connectivity index (χ0v) is 17.3. The van der Waals surface area contributed by atoms with Crippen molar-refractivity contribution in [3.63, 3.8) is 0 Å². The molecule has 1 saturated heterocycles. The highest BCUT2D eigenvalue weighted by molar-refractivity contribution is 5.89. The van der Waals surface area contributed by atoms with E-state index in [2.05, 4.69) is 4.74 Å². The highest BCUT2D eigenvalue weighted by Crippen LogP contribution is 2.32. The van der Waals surface area contributed by atoms with Crippen molar-refractivity contribution in [2.45, 2.75) is 18.8 Å². The number of benzene rings is 2. The van der Waals surface area contributed by atoms with Crippen molar-refractivity contribution in [1.82, 2.24) is 4.90 Å². The molecule has 31 heavy (non-hydrogen) atoms. The van der Waals surface area contributed by atoms with E-state index in [0.29, 0.717) is 35.6 Å². The number of methoxy groups -OCH3 is 1. The Morgan fingerprint density at radius 2 is 1.97 bits per heavy atom. The number of nitrogens with zero attached hydrogens (tertiary/aromatic N) is 1. The molecular formula is C23H27FN4O3. The number of ether oxygens (including phenoxy) is 1. The average molecular weight is 426 g/mol. The van der Waals surface area contributed by atoms with Crippen LogP contribution in [0.1, 0.15) is 40.2 Å². The molecule has 1 aliphatic heterocycles. The van der Waals surface area contributed by atoms with Crippen molar-refractivity contribution in [3.05, 3.63) is 82.6 Å². The van der Waals surface area contributed by atoms with Gasteiger partial charge in [0.1, 0.15) is 17.4 Å². The number of hydrogen-bond acceptors (Lipinski definition) is 7. The molecule has 0 aromatic heterocycles. The van der Waals surface area contributed by atoms with E-state index in [4.69, 9.17) is 17.2 Å². The van der Waals surface area contributed by atoms with Gasteiger partial charge in [0, 0.05) is 30.3 Å². The van der Waals surface area contributed by atoms with Crippen molar-refractivity contribution in [3.8, 4) is 5.75 Å². The van der Waals surface area contributed by atoms with Gasteiger partial charge < -0.3 is 31.9 Å². The number of aromatic hydroxyl groups is 1. The Bertz CT molecular complexity index is 1030. The molecule has 7 nitrogen and oxygen atoms in total. The zero-order valence-electron chi connectivity index (χ0n) is 17.3. The van der Waals surface area contributed by atoms with Gasteiger partial charge in [-0.3, -0.25) is 0 Å². The molecule has 0 radical (unpaired) electrons. The van der Waals surface area contributed by atoms with E-state index >= 15 is 0 Å². The summed E-state index contributed by atoms with van der Waals surface area (Å²) in [4.78, 5) is 13.6. The second-order valence-corrected chi connectivity index (χ2v) is 7.47. The van der Waals surface area contributed by atoms with Gasteiger partial charge in [-0.2, -0.15) is 0 Å². The molecule has 7 N–H and O–H groups in total. The van der Waals surface area contributed by atoms with Gasteiger partial charge >= 0.3 is 5.97 Å². The van der Waals surface area contributed by atoms with Gasteiger partial charge in [-0.1, -0.05) is 18.2 Å². The van der Waals surface area contributed by atoms with Crippen LogP contribution >= 0.6 is 0 Å². The normalized spacial score (nSPS) is 16.6. The van der Waals surface area contributed by atoms with Crippen LogP contribution < -0.4 is 17.2 Å². The summed E-state index contributed by atoms with van der Waals surface area (Å²) in [5.74, 6) is -1.02. The van der Waals surface area contributed by atoms with Gasteiger partial charge in [0.15, 0.2) is 0 Å². The molecule has 1 aliphatic rings. The van der Waals surface area contributed by atoms with Crippen molar-refractivity contribution >= 4 is 11.7 Å². The monoisotopic (exact) mass is 426 g/mol. The van der Waals surface area contributed by atoms with E-state index in [9.17, 15) is 14.3 Å². The molecule has 0 saturated carbocycles. The Hall–Kier alpha value is -3.68. The summed E-state index contributed by atoms with van der Waals surface area (Å²) in [6, 6.07) is 11.1. The van der Waals surface area contributed by atoms with Crippen LogP contribution in [0.15, 0.2) is 60.1 Å². The van der Waals surface area contributed by atoms with E-state index in [1.54, 1.807) is 42.5 Å². The number of likely N-dealkylation sites (tertiary alicyclic amines) is 1. The number of allylic oxidation sites excluding steroid dienone is 1. The zero-order chi connectivity index (χ0) is 22.5. The van der Waals surface area contributed by atoms with Crippen LogP contribution in [-0.4, -0.2) is 36.2 Å². The highest BCUT2D eigenvalue weighted by atomic mass is 19.1. The molecule has 0 spiro atoms. The lowest BCUT2D eigenvalue weighted by Crippen LogP contribution is -2.36. The predicted octanol–water partition coefficient (Wildman–Crippen LogP) is 2.58. The maximum atomic E-state index is 14.7. The number of phenolic OH excluding ortho intramolecular Hbond substituents is 1. The fraction of sp³-hybridized carbons (Fsp3) is 0.261. The van der Waals surface area contributed by atoms with E-state index in [1.165, 1.54) is 13.2 Å². The first-order valence-corrected chi connectivity index (χ1v) is 9.95. The number of hydrogen-bond donors (Lipinski definition) is 4. The number of carbonyl (C=O) groups is 1. The molecule has 2 aromatic rings. The Kier molecular flexibility index (Phi) is 6.69. The first-order valence-electron chi connectivity index (χ1n) is 9.95. The SMILES string of the molecule is COC(=O)c1ccc(C2CCCN(C(/C=C(\N)c3ccccc3O)=C(N)N)C2)c(F)c1. The average Bonchev–Trinajstić information content (AvgIpc) is 2.76. The summed E-state index contributed by atoms with van der Waals surface area (Å²) in [5, 5.41) is 10.1. The number of phenols is 1. The molecule has 8 heteroatoms. The third-order valence-corrected chi connectivity index (χ3v) is 5.43. The molecule has 164 valence electrons. The van der Waals surface area contributed by atoms with Crippen LogP contribution in [-0.2, 0) is 4.74 Å². The third kappa shape index (κ3) is 4.91. The van der Waals surface area contributed by atoms with Crippen molar-refractivity contribution in [1.29, 1.82) is 0 Å². The van der Waals surface area contributed by atoms with Crippen LogP contribution in [0.25, 0.3) is 5.70 Å². The minimum Gasteiger partial charge on any atom is -0.507 e. The summed E-state index contributed by atoms with van der Waals surface area (Å²) in [6.07, 6.45) is 3.20. The van der Waals surface area contributed by atoms with E-state index < -0.39 is 11.8 Å². The minimum absolute atomic E-state index is 0.0514. The van der Waals surface area contributed by atoms with Crippen LogP contribution in [0.2, 0.25) is 0 Å². The molecule has 0 bridgehead atoms. The Morgan fingerprint density at radius 1 is 1.23 bits per heavy atom. The lowest BCUT2D eigenvalue weighted by Gasteiger charge is -2.36. The number of esters is 1. The van der Waals surface area contributed by atoms with Gasteiger partial charge in [0.2, 0.25) is 0 Å². The van der Waals surface area contributed by atoms with Crippen LogP contribution in [0.3, 0.4) is 0 Å². The molecule has 2 aromatic carbocycles. The first kappa shape index (κ1) is 22.0. The molecule has 1 fully saturated rings. The van der Waals surface area contributed by atoms with E-state index in [-0.39, 0.29) is 23.1 Å². The standard InChI is InChI=1S/C23H27FN4O3/c1-31-23(30)14-8-9-16(18(24)11-14)15-5-4-10-28(13-15)20(22(26)27)12-19(25)17-6-2-3-7-21(17)29/h2-3,6-9,11-12,15,29H,4-5,10,13,25-27H2,1H3/b19-12-. The van der Waals surface area contributed by atoms with Gasteiger partial charge in [-0.15, -0.1) is 0 Å². The lowest BCUT2D eigenvalue weighted by atomic mass is 9.89. The largest absolute Gasteiger partial charge is 0.507 e. The fourth-order valence-corrected chi connectivity index (χ4v) is 3.85. The quantitative estimate of drug-likeness (QED) is 0.427. The van der Waals surface area contributed by atoms with Gasteiger partial charge in [0.25, 0.3) is 0 Å². The number of halogens is 1. The minimum atomic E-state index is -0.582. The molecule has 1 heterocycles. The number of piperidine rings is 1. The van der Waals surface area contributed by atoms with Crippen molar-refractivity contribution < 1.29 is 19.0 Å². The topological polar surface area (TPSA) is 128 Å². The second-order valence-electron chi connectivity index (χ2n) is 7.47. The molecule has 3 rings (SSSR count). The van der Waals surface area contributed by atoms with Gasteiger partial charge in [-0.25, -0.2) is 9.18 Å². The summed E-state index contributed by atoms with van der Waals surface area (Å²) < 4.78 is 19.4. The molecule has 1 unspecified atom stereocenters. The number of nitrogens with two attached hydrogens (primary N) is 3. The fourth-order valence-electron chi connectivity index (χ4n) is 3.85. The summed E-state index contributed by atoms with van der Waals surface area (Å²) in [5.41, 5.74) is 20.1. The van der Waals surface area contributed by atoms with Crippen LogP contribution in [0, 0.1) is 5.82 Å². The molecule has 0 amide bonds. The highest BCUT2D eigenvalue weighted by Gasteiger charge is 2.26. The smallest absolute Gasteiger partial charge is 0.337 e. The van der Waals surface area contributed by atoms with Crippen LogP contribution in [0.5, 0.6) is 5.75 Å². The lowest BCUT2D eigenvalue weighted by molar-refractivity contribution is 0.0600. The number of para-hydroxylation sites is 1. The van der Waals surface area contributed by atoms with Crippen molar-refractivity contribution in [2.24, 2.45) is 17.2 Å². The first-order chi connectivity index (χ1) is 14.8. The number of rotatable bonds is 5. The molecule has 1 atom stereocenters. The maximum absolute atomic E-state index is 14.7. The van der Waals surface area contributed by atoms with E-state index in [0.717, 1.165) is 12.8 Å². The van der Waals surface area contributed by atoms with Crippen molar-refractivity contribution in [2.75, 3.05) is 20.2 Å². The van der Waals surface area contributed by atoms with Gasteiger partial charge in [0.05, 0.1) is 18.4 Å². The maximum Gasteiger partial charge on any atom is 0.337 e. The Labute approximate surface area is 180 Å². The Morgan fingerprint density at radius 3 is 2.61 bits per heavy atom. The number of carbonyl (C=O) groups excluding carboxylic acids is 1. The third-order valence-electron chi connectivity index (χ3n) is 5.43. The molecular weight excluding hydrogens is 399 g/mol. The Balaban J connectivity index is 1.86. The second kappa shape index (κ2) is 9.42. The summed E-state index contributed by atoms with van der Waals surface area (Å²) >= 11 is 0. The van der Waals surface area contributed by atoms with Crippen LogP contribution in [0.4, 0.5) is 4.39 Å². The summed E-state index contributed by atoms with van der Waals surface area (Å²) in [7, 11) is 1.26. The van der Waals surface area contributed by atoms with Gasteiger partial charge in [-0.05, 0) is 48.7 Å². The predicted molar refractivity (Wildman–Crippen MR) is 117 cm³/mol.